The molecule has 1 aliphatic heterocycles. The molecule has 5 heteroatoms. The van der Waals surface area contributed by atoms with Gasteiger partial charge < -0.3 is 0 Å². The molecule has 2 rings (SSSR count). The lowest BCUT2D eigenvalue weighted by atomic mass is 10.2. The first-order valence-electron chi connectivity index (χ1n) is 6.31. The fraction of sp³-hybridized carbons (Fsp3) is 0.538. The van der Waals surface area contributed by atoms with Crippen LogP contribution in [-0.2, 0) is 15.8 Å². The molecule has 1 aliphatic rings. The summed E-state index contributed by atoms with van der Waals surface area (Å²) in [4.78, 5) is 0. The van der Waals surface area contributed by atoms with Gasteiger partial charge in [-0.3, -0.25) is 0 Å². The third-order valence-corrected chi connectivity index (χ3v) is 5.45. The van der Waals surface area contributed by atoms with E-state index in [1.807, 2.05) is 12.1 Å². The van der Waals surface area contributed by atoms with Crippen LogP contribution < -0.4 is 0 Å². The SMILES string of the molecule is O=S(=O)(Cc1ccccc1Cl)N1CCCCCC1. The molecule has 1 fully saturated rings. The maximum absolute atomic E-state index is 12.3. The smallest absolute Gasteiger partial charge is 0.212 e. The second-order valence-electron chi connectivity index (χ2n) is 4.66. The molecular formula is C13H18ClNO2S. The van der Waals surface area contributed by atoms with E-state index < -0.39 is 10.0 Å². The molecule has 1 saturated heterocycles. The van der Waals surface area contributed by atoms with Gasteiger partial charge in [0.25, 0.3) is 0 Å². The van der Waals surface area contributed by atoms with Gasteiger partial charge in [-0.1, -0.05) is 42.6 Å². The fourth-order valence-corrected chi connectivity index (χ4v) is 4.15. The van der Waals surface area contributed by atoms with E-state index in [0.717, 1.165) is 25.7 Å². The van der Waals surface area contributed by atoms with Crippen LogP contribution >= 0.6 is 11.6 Å². The molecule has 100 valence electrons. The Hall–Kier alpha value is -0.580. The Morgan fingerprint density at radius 2 is 1.67 bits per heavy atom. The molecule has 0 atom stereocenters. The van der Waals surface area contributed by atoms with Crippen molar-refractivity contribution in [1.82, 2.24) is 4.31 Å². The second kappa shape index (κ2) is 6.04. The van der Waals surface area contributed by atoms with Crippen molar-refractivity contribution in [3.05, 3.63) is 34.9 Å². The summed E-state index contributed by atoms with van der Waals surface area (Å²) >= 11 is 6.02. The summed E-state index contributed by atoms with van der Waals surface area (Å²) in [5.74, 6) is 0.00662. The van der Waals surface area contributed by atoms with Gasteiger partial charge in [0.05, 0.1) is 5.75 Å². The van der Waals surface area contributed by atoms with E-state index in [1.54, 1.807) is 16.4 Å². The highest BCUT2D eigenvalue weighted by atomic mass is 35.5. The van der Waals surface area contributed by atoms with Crippen LogP contribution in [0.15, 0.2) is 24.3 Å². The van der Waals surface area contributed by atoms with Crippen LogP contribution in [0.5, 0.6) is 0 Å². The first-order valence-corrected chi connectivity index (χ1v) is 8.29. The zero-order valence-electron chi connectivity index (χ0n) is 10.3. The van der Waals surface area contributed by atoms with Crippen LogP contribution in [0.2, 0.25) is 5.02 Å². The number of hydrogen-bond acceptors (Lipinski definition) is 2. The molecule has 0 saturated carbocycles. The van der Waals surface area contributed by atoms with Gasteiger partial charge >= 0.3 is 0 Å². The van der Waals surface area contributed by atoms with Crippen molar-refractivity contribution in [1.29, 1.82) is 0 Å². The molecule has 0 aromatic heterocycles. The summed E-state index contributed by atoms with van der Waals surface area (Å²) in [6, 6.07) is 7.14. The summed E-state index contributed by atoms with van der Waals surface area (Å²) in [6.45, 7) is 1.29. The lowest BCUT2D eigenvalue weighted by Crippen LogP contribution is -2.33. The van der Waals surface area contributed by atoms with E-state index in [1.165, 1.54) is 0 Å². The Balaban J connectivity index is 2.13. The topological polar surface area (TPSA) is 37.4 Å². The third-order valence-electron chi connectivity index (χ3n) is 3.25. The summed E-state index contributed by atoms with van der Waals surface area (Å²) in [7, 11) is -3.23. The predicted molar refractivity (Wildman–Crippen MR) is 74.1 cm³/mol. The molecule has 18 heavy (non-hydrogen) atoms. The lowest BCUT2D eigenvalue weighted by Gasteiger charge is -2.20. The number of nitrogens with zero attached hydrogens (tertiary/aromatic N) is 1. The van der Waals surface area contributed by atoms with Gasteiger partial charge in [-0.05, 0) is 24.5 Å². The molecule has 0 unspecified atom stereocenters. The molecule has 1 aromatic carbocycles. The molecular weight excluding hydrogens is 270 g/mol. The largest absolute Gasteiger partial charge is 0.218 e. The Bertz CT molecular complexity index is 493. The van der Waals surface area contributed by atoms with Gasteiger partial charge in [-0.25, -0.2) is 12.7 Å². The molecule has 1 aromatic rings. The normalized spacial score (nSPS) is 18.5. The van der Waals surface area contributed by atoms with Crippen LogP contribution in [0.3, 0.4) is 0 Å². The Labute approximate surface area is 114 Å². The van der Waals surface area contributed by atoms with Crippen LogP contribution in [-0.4, -0.2) is 25.8 Å². The van der Waals surface area contributed by atoms with Gasteiger partial charge in [-0.15, -0.1) is 0 Å². The Kier molecular flexibility index (Phi) is 4.65. The van der Waals surface area contributed by atoms with E-state index in [-0.39, 0.29) is 5.75 Å². The number of hydrogen-bond donors (Lipinski definition) is 0. The number of benzene rings is 1. The number of sulfonamides is 1. The minimum atomic E-state index is -3.23. The minimum absolute atomic E-state index is 0.00662. The summed E-state index contributed by atoms with van der Waals surface area (Å²) in [5.41, 5.74) is 0.684. The highest BCUT2D eigenvalue weighted by Gasteiger charge is 2.23. The van der Waals surface area contributed by atoms with E-state index >= 15 is 0 Å². The van der Waals surface area contributed by atoms with Gasteiger partial charge in [0.1, 0.15) is 0 Å². The number of rotatable bonds is 3. The molecule has 3 nitrogen and oxygen atoms in total. The Morgan fingerprint density at radius 1 is 1.06 bits per heavy atom. The van der Waals surface area contributed by atoms with Crippen molar-refractivity contribution >= 4 is 21.6 Å². The van der Waals surface area contributed by atoms with Gasteiger partial charge in [0.15, 0.2) is 0 Å². The van der Waals surface area contributed by atoms with Crippen molar-refractivity contribution in [3.8, 4) is 0 Å². The monoisotopic (exact) mass is 287 g/mol. The maximum atomic E-state index is 12.3. The zero-order chi connectivity index (χ0) is 13.0. The average Bonchev–Trinajstić information content (AvgIpc) is 2.61. The number of halogens is 1. The predicted octanol–water partition coefficient (Wildman–Crippen LogP) is 3.05. The zero-order valence-corrected chi connectivity index (χ0v) is 11.9. The fourth-order valence-electron chi connectivity index (χ4n) is 2.22. The standard InChI is InChI=1S/C13H18ClNO2S/c14-13-8-4-3-7-12(13)11-18(16,17)15-9-5-1-2-6-10-15/h3-4,7-8H,1-2,5-6,9-11H2. The van der Waals surface area contributed by atoms with Gasteiger partial charge in [0, 0.05) is 18.1 Å². The third kappa shape index (κ3) is 3.46. The van der Waals surface area contributed by atoms with Crippen molar-refractivity contribution in [3.63, 3.8) is 0 Å². The maximum Gasteiger partial charge on any atom is 0.218 e. The molecule has 0 amide bonds. The van der Waals surface area contributed by atoms with Gasteiger partial charge in [-0.2, -0.15) is 0 Å². The van der Waals surface area contributed by atoms with Crippen molar-refractivity contribution in [2.75, 3.05) is 13.1 Å². The highest BCUT2D eigenvalue weighted by Crippen LogP contribution is 2.21. The van der Waals surface area contributed by atoms with Gasteiger partial charge in [0.2, 0.25) is 10.0 Å². The van der Waals surface area contributed by atoms with E-state index in [9.17, 15) is 8.42 Å². The highest BCUT2D eigenvalue weighted by molar-refractivity contribution is 7.88. The van der Waals surface area contributed by atoms with Crippen molar-refractivity contribution < 1.29 is 8.42 Å². The quantitative estimate of drug-likeness (QED) is 0.857. The summed E-state index contributed by atoms with van der Waals surface area (Å²) < 4.78 is 26.3. The van der Waals surface area contributed by atoms with Crippen LogP contribution in [0.1, 0.15) is 31.2 Å². The van der Waals surface area contributed by atoms with E-state index in [0.29, 0.717) is 23.7 Å². The van der Waals surface area contributed by atoms with E-state index in [2.05, 4.69) is 0 Å². The average molecular weight is 288 g/mol. The molecule has 0 spiro atoms. The molecule has 0 aliphatic carbocycles. The minimum Gasteiger partial charge on any atom is -0.212 e. The van der Waals surface area contributed by atoms with Crippen LogP contribution in [0.4, 0.5) is 0 Å². The first kappa shape index (κ1) is 13.8. The molecule has 0 radical (unpaired) electrons. The lowest BCUT2D eigenvalue weighted by molar-refractivity contribution is 0.423. The first-order chi connectivity index (χ1) is 8.59. The second-order valence-corrected chi connectivity index (χ2v) is 7.04. The molecule has 0 bridgehead atoms. The summed E-state index contributed by atoms with van der Waals surface area (Å²) in [5, 5.41) is 0.524. The van der Waals surface area contributed by atoms with Crippen LogP contribution in [0, 0.1) is 0 Å². The Morgan fingerprint density at radius 3 is 2.28 bits per heavy atom. The van der Waals surface area contributed by atoms with Crippen LogP contribution in [0.25, 0.3) is 0 Å². The van der Waals surface area contributed by atoms with Crippen molar-refractivity contribution in [2.45, 2.75) is 31.4 Å². The van der Waals surface area contributed by atoms with E-state index in [4.69, 9.17) is 11.6 Å². The molecule has 0 N–H and O–H groups in total. The van der Waals surface area contributed by atoms with Crippen molar-refractivity contribution in [2.24, 2.45) is 0 Å². The summed E-state index contributed by atoms with van der Waals surface area (Å²) in [6.07, 6.45) is 4.17. The molecule has 1 heterocycles.